The van der Waals surface area contributed by atoms with E-state index in [-0.39, 0.29) is 0 Å². The Morgan fingerprint density at radius 2 is 2.00 bits per heavy atom. The van der Waals surface area contributed by atoms with Crippen molar-refractivity contribution in [3.63, 3.8) is 0 Å². The first-order valence-corrected chi connectivity index (χ1v) is 5.32. The largest absolute Gasteiger partial charge is 0.386 e. The van der Waals surface area contributed by atoms with E-state index in [2.05, 4.69) is 34.6 Å². The highest BCUT2D eigenvalue weighted by molar-refractivity contribution is 5.30. The van der Waals surface area contributed by atoms with E-state index < -0.39 is 5.60 Å². The molecule has 0 saturated heterocycles. The third-order valence-corrected chi connectivity index (χ3v) is 3.79. The van der Waals surface area contributed by atoms with E-state index in [9.17, 15) is 5.11 Å². The third-order valence-electron chi connectivity index (χ3n) is 3.79. The van der Waals surface area contributed by atoms with Gasteiger partial charge in [-0.3, -0.25) is 0 Å². The molecular formula is C12H22O. The van der Waals surface area contributed by atoms with E-state index in [1.54, 1.807) is 0 Å². The van der Waals surface area contributed by atoms with Gasteiger partial charge in [0.25, 0.3) is 0 Å². The van der Waals surface area contributed by atoms with Crippen molar-refractivity contribution >= 4 is 0 Å². The van der Waals surface area contributed by atoms with Gasteiger partial charge in [0.1, 0.15) is 0 Å². The van der Waals surface area contributed by atoms with Crippen LogP contribution in [0.25, 0.3) is 0 Å². The first kappa shape index (κ1) is 10.8. The number of hydrogen-bond acceptors (Lipinski definition) is 1. The molecule has 1 aliphatic rings. The van der Waals surface area contributed by atoms with Crippen LogP contribution in [0.3, 0.4) is 0 Å². The van der Waals surface area contributed by atoms with Gasteiger partial charge in [-0.1, -0.05) is 26.3 Å². The number of rotatable bonds is 2. The molecule has 0 spiro atoms. The van der Waals surface area contributed by atoms with Gasteiger partial charge in [0.15, 0.2) is 0 Å². The highest BCUT2D eigenvalue weighted by Crippen LogP contribution is 2.44. The minimum atomic E-state index is -0.501. The molecular weight excluding hydrogens is 160 g/mol. The molecule has 1 heteroatoms. The monoisotopic (exact) mass is 182 g/mol. The van der Waals surface area contributed by atoms with E-state index >= 15 is 0 Å². The first-order valence-electron chi connectivity index (χ1n) is 5.32. The maximum absolute atomic E-state index is 10.3. The Kier molecular flexibility index (Phi) is 2.86. The Hall–Kier alpha value is -0.300. The molecule has 1 nitrogen and oxygen atoms in total. The molecule has 0 amide bonds. The maximum atomic E-state index is 10.3. The Labute approximate surface area is 81.9 Å². The minimum absolute atomic E-state index is 0.501. The molecule has 13 heavy (non-hydrogen) atoms. The van der Waals surface area contributed by atoms with Gasteiger partial charge in [0.05, 0.1) is 5.60 Å². The van der Waals surface area contributed by atoms with Gasteiger partial charge < -0.3 is 5.11 Å². The summed E-state index contributed by atoms with van der Waals surface area (Å²) >= 11 is 0. The maximum Gasteiger partial charge on any atom is 0.0859 e. The summed E-state index contributed by atoms with van der Waals surface area (Å²) in [6.45, 7) is 10.8. The number of hydrogen-bond donors (Lipinski definition) is 1. The van der Waals surface area contributed by atoms with Crippen LogP contribution in [0.1, 0.15) is 47.5 Å². The zero-order valence-corrected chi connectivity index (χ0v) is 9.52. The average Bonchev–Trinajstić information content (AvgIpc) is 2.31. The van der Waals surface area contributed by atoms with Crippen molar-refractivity contribution in [2.75, 3.05) is 0 Å². The van der Waals surface area contributed by atoms with Gasteiger partial charge in [0.2, 0.25) is 0 Å². The Morgan fingerprint density at radius 1 is 1.46 bits per heavy atom. The van der Waals surface area contributed by atoms with Crippen LogP contribution in [-0.2, 0) is 0 Å². The van der Waals surface area contributed by atoms with E-state index in [4.69, 9.17) is 0 Å². The summed E-state index contributed by atoms with van der Waals surface area (Å²) in [7, 11) is 0. The van der Waals surface area contributed by atoms with Gasteiger partial charge in [-0.05, 0) is 44.1 Å². The van der Waals surface area contributed by atoms with Crippen LogP contribution < -0.4 is 0 Å². The lowest BCUT2D eigenvalue weighted by Gasteiger charge is -2.24. The summed E-state index contributed by atoms with van der Waals surface area (Å²) in [5.41, 5.74) is 2.13. The van der Waals surface area contributed by atoms with Crippen LogP contribution in [0.2, 0.25) is 0 Å². The van der Waals surface area contributed by atoms with Crippen molar-refractivity contribution in [2.45, 2.75) is 53.1 Å². The lowest BCUT2D eigenvalue weighted by atomic mass is 9.87. The number of allylic oxidation sites excluding steroid dienone is 1. The second kappa shape index (κ2) is 3.45. The molecule has 1 aliphatic carbocycles. The van der Waals surface area contributed by atoms with Gasteiger partial charge in [0, 0.05) is 0 Å². The predicted molar refractivity (Wildman–Crippen MR) is 56.6 cm³/mol. The van der Waals surface area contributed by atoms with Gasteiger partial charge in [-0.2, -0.15) is 0 Å². The summed E-state index contributed by atoms with van der Waals surface area (Å²) in [5, 5.41) is 10.3. The average molecular weight is 182 g/mol. The first-order chi connectivity index (χ1) is 5.92. The van der Waals surface area contributed by atoms with Crippen molar-refractivity contribution < 1.29 is 5.11 Å². The van der Waals surface area contributed by atoms with Crippen molar-refractivity contribution in [3.8, 4) is 0 Å². The smallest absolute Gasteiger partial charge is 0.0859 e. The Balaban J connectivity index is 2.94. The summed E-state index contributed by atoms with van der Waals surface area (Å²) in [6.07, 6.45) is 1.78. The molecule has 1 rings (SSSR count). The predicted octanol–water partition coefficient (Wildman–Crippen LogP) is 3.14. The fraction of sp³-hybridized carbons (Fsp3) is 0.833. The van der Waals surface area contributed by atoms with Gasteiger partial charge in [-0.25, -0.2) is 0 Å². The molecule has 0 aromatic carbocycles. The second-order valence-corrected chi connectivity index (χ2v) is 4.75. The van der Waals surface area contributed by atoms with Crippen molar-refractivity contribution in [1.82, 2.24) is 0 Å². The normalized spacial score (nSPS) is 34.8. The molecule has 1 N–H and O–H groups in total. The van der Waals surface area contributed by atoms with E-state index in [0.717, 1.165) is 12.8 Å². The van der Waals surface area contributed by atoms with Crippen molar-refractivity contribution in [1.29, 1.82) is 0 Å². The molecule has 76 valence electrons. The lowest BCUT2D eigenvalue weighted by Crippen LogP contribution is -2.27. The van der Waals surface area contributed by atoms with Crippen LogP contribution in [-0.4, -0.2) is 10.7 Å². The third kappa shape index (κ3) is 1.67. The van der Waals surface area contributed by atoms with Crippen LogP contribution in [0.15, 0.2) is 11.1 Å². The Morgan fingerprint density at radius 3 is 2.23 bits per heavy atom. The SMILES string of the molecule is CCC1(O)CC(C(C)C)C(C)=C1C. The zero-order chi connectivity index (χ0) is 10.2. The molecule has 0 heterocycles. The molecule has 0 aromatic rings. The second-order valence-electron chi connectivity index (χ2n) is 4.75. The fourth-order valence-corrected chi connectivity index (χ4v) is 2.46. The van der Waals surface area contributed by atoms with Gasteiger partial charge >= 0.3 is 0 Å². The van der Waals surface area contributed by atoms with Gasteiger partial charge in [-0.15, -0.1) is 0 Å². The lowest BCUT2D eigenvalue weighted by molar-refractivity contribution is 0.0617. The fourth-order valence-electron chi connectivity index (χ4n) is 2.46. The van der Waals surface area contributed by atoms with Crippen LogP contribution in [0.5, 0.6) is 0 Å². The topological polar surface area (TPSA) is 20.2 Å². The molecule has 0 fully saturated rings. The summed E-state index contributed by atoms with van der Waals surface area (Å²) in [5.74, 6) is 1.24. The molecule has 0 aliphatic heterocycles. The molecule has 2 unspecified atom stereocenters. The standard InChI is InChI=1S/C12H22O/c1-6-12(13)7-11(8(2)3)9(4)10(12)5/h8,11,13H,6-7H2,1-5H3. The highest BCUT2D eigenvalue weighted by atomic mass is 16.3. The van der Waals surface area contributed by atoms with E-state index in [1.165, 1.54) is 11.1 Å². The molecule has 0 radical (unpaired) electrons. The molecule has 2 atom stereocenters. The molecule has 0 bridgehead atoms. The summed E-state index contributed by atoms with van der Waals surface area (Å²) in [6, 6.07) is 0. The van der Waals surface area contributed by atoms with Crippen molar-refractivity contribution in [2.24, 2.45) is 11.8 Å². The summed E-state index contributed by atoms with van der Waals surface area (Å²) in [4.78, 5) is 0. The highest BCUT2D eigenvalue weighted by Gasteiger charge is 2.39. The van der Waals surface area contributed by atoms with E-state index in [0.29, 0.717) is 11.8 Å². The van der Waals surface area contributed by atoms with Crippen LogP contribution >= 0.6 is 0 Å². The molecule has 0 aromatic heterocycles. The molecule has 0 saturated carbocycles. The Bertz CT molecular complexity index is 227. The van der Waals surface area contributed by atoms with Crippen molar-refractivity contribution in [3.05, 3.63) is 11.1 Å². The van der Waals surface area contributed by atoms with E-state index in [1.807, 2.05) is 0 Å². The summed E-state index contributed by atoms with van der Waals surface area (Å²) < 4.78 is 0. The van der Waals surface area contributed by atoms with Crippen LogP contribution in [0.4, 0.5) is 0 Å². The minimum Gasteiger partial charge on any atom is -0.386 e. The quantitative estimate of drug-likeness (QED) is 0.650. The zero-order valence-electron chi connectivity index (χ0n) is 9.52. The number of aliphatic hydroxyl groups is 1. The van der Waals surface area contributed by atoms with Crippen LogP contribution in [0, 0.1) is 11.8 Å².